The van der Waals surface area contributed by atoms with Gasteiger partial charge in [-0.2, -0.15) is 0 Å². The van der Waals surface area contributed by atoms with Crippen molar-refractivity contribution in [2.75, 3.05) is 13.1 Å². The normalized spacial score (nSPS) is 26.5. The lowest BCUT2D eigenvalue weighted by Gasteiger charge is -2.38. The van der Waals surface area contributed by atoms with Gasteiger partial charge in [0.15, 0.2) is 0 Å². The highest BCUT2D eigenvalue weighted by Crippen LogP contribution is 2.43. The van der Waals surface area contributed by atoms with Gasteiger partial charge >= 0.3 is 0 Å². The largest absolute Gasteiger partial charge is 0.471 e. The van der Waals surface area contributed by atoms with Crippen LogP contribution in [-0.2, 0) is 6.54 Å². The van der Waals surface area contributed by atoms with Crippen LogP contribution in [-0.4, -0.2) is 43.6 Å². The molecule has 0 radical (unpaired) electrons. The molecular weight excluding hydrogens is 381 g/mol. The SMILES string of the molecule is Cc1nccn1[C@H]1C[C@H]2CN(Cc3cccc(F)c3)C[C@H]2C[C@@H]1Oc1cnccn1. The van der Waals surface area contributed by atoms with E-state index in [1.54, 1.807) is 30.7 Å². The number of hydrogen-bond acceptors (Lipinski definition) is 5. The Morgan fingerprint density at radius 2 is 1.97 bits per heavy atom. The van der Waals surface area contributed by atoms with E-state index >= 15 is 0 Å². The fraction of sp³-hybridized carbons (Fsp3) is 0.435. The minimum atomic E-state index is -0.169. The Hall–Kier alpha value is -2.80. The molecule has 1 aliphatic heterocycles. The Labute approximate surface area is 175 Å². The number of ether oxygens (including phenoxy) is 1. The van der Waals surface area contributed by atoms with Crippen molar-refractivity contribution in [2.24, 2.45) is 11.8 Å². The molecule has 0 unspecified atom stereocenters. The number of aryl methyl sites for hydroxylation is 1. The quantitative estimate of drug-likeness (QED) is 0.646. The number of rotatable bonds is 5. The number of aromatic nitrogens is 4. The van der Waals surface area contributed by atoms with Crippen LogP contribution in [0.3, 0.4) is 0 Å². The van der Waals surface area contributed by atoms with Crippen molar-refractivity contribution in [2.45, 2.75) is 38.5 Å². The lowest BCUT2D eigenvalue weighted by Crippen LogP contribution is -2.40. The lowest BCUT2D eigenvalue weighted by molar-refractivity contribution is 0.0501. The number of benzene rings is 1. The molecule has 2 aliphatic rings. The van der Waals surface area contributed by atoms with Crippen LogP contribution in [0.25, 0.3) is 0 Å². The standard InChI is InChI=1S/C23H26FN5O/c1-16-26-7-8-29(16)21-10-18-14-28(13-17-3-2-4-20(24)9-17)15-19(18)11-22(21)30-23-12-25-5-6-27-23/h2-9,12,18-19,21-22H,10-11,13-15H2,1H3/t18-,19+,21-,22-/m0/s1. The Bertz CT molecular complexity index is 994. The molecule has 6 nitrogen and oxygen atoms in total. The molecule has 3 aromatic rings. The van der Waals surface area contributed by atoms with Crippen LogP contribution < -0.4 is 4.74 Å². The van der Waals surface area contributed by atoms with E-state index in [0.717, 1.165) is 43.9 Å². The molecule has 1 saturated carbocycles. The molecular formula is C23H26FN5O. The van der Waals surface area contributed by atoms with Gasteiger partial charge in [-0.1, -0.05) is 12.1 Å². The third-order valence-corrected chi connectivity index (χ3v) is 6.49. The first kappa shape index (κ1) is 19.2. The van der Waals surface area contributed by atoms with E-state index in [-0.39, 0.29) is 18.0 Å². The second kappa shape index (κ2) is 8.14. The molecule has 3 heterocycles. The predicted molar refractivity (Wildman–Crippen MR) is 110 cm³/mol. The van der Waals surface area contributed by atoms with Crippen LogP contribution in [0.2, 0.25) is 0 Å². The van der Waals surface area contributed by atoms with Crippen LogP contribution >= 0.6 is 0 Å². The van der Waals surface area contributed by atoms with Crippen LogP contribution in [0.4, 0.5) is 4.39 Å². The molecule has 2 aromatic heterocycles. The van der Waals surface area contributed by atoms with E-state index in [2.05, 4.69) is 24.4 Å². The van der Waals surface area contributed by atoms with Gasteiger partial charge in [-0.05, 0) is 49.3 Å². The first-order valence-electron chi connectivity index (χ1n) is 10.5. The summed E-state index contributed by atoms with van der Waals surface area (Å²) in [5, 5.41) is 0. The van der Waals surface area contributed by atoms with Crippen LogP contribution in [0.1, 0.15) is 30.3 Å². The zero-order valence-electron chi connectivity index (χ0n) is 17.1. The van der Waals surface area contributed by atoms with E-state index in [9.17, 15) is 4.39 Å². The summed E-state index contributed by atoms with van der Waals surface area (Å²) < 4.78 is 22.2. The van der Waals surface area contributed by atoms with E-state index in [1.807, 2.05) is 25.4 Å². The molecule has 5 rings (SSSR count). The summed E-state index contributed by atoms with van der Waals surface area (Å²) in [5.74, 6) is 2.55. The molecule has 1 aliphatic carbocycles. The molecule has 1 saturated heterocycles. The van der Waals surface area contributed by atoms with Gasteiger partial charge in [0, 0.05) is 44.4 Å². The minimum absolute atomic E-state index is 0.0185. The highest BCUT2D eigenvalue weighted by Gasteiger charge is 2.44. The van der Waals surface area contributed by atoms with Gasteiger partial charge in [-0.25, -0.2) is 14.4 Å². The highest BCUT2D eigenvalue weighted by molar-refractivity contribution is 5.16. The van der Waals surface area contributed by atoms with Crippen molar-refractivity contribution in [3.8, 4) is 5.88 Å². The zero-order valence-corrected chi connectivity index (χ0v) is 17.1. The van der Waals surface area contributed by atoms with E-state index in [4.69, 9.17) is 4.74 Å². The van der Waals surface area contributed by atoms with Crippen LogP contribution in [0.15, 0.2) is 55.2 Å². The first-order valence-corrected chi connectivity index (χ1v) is 10.5. The maximum Gasteiger partial charge on any atom is 0.232 e. The third kappa shape index (κ3) is 3.94. The van der Waals surface area contributed by atoms with Gasteiger partial charge in [0.25, 0.3) is 0 Å². The molecule has 4 atom stereocenters. The van der Waals surface area contributed by atoms with Crippen molar-refractivity contribution in [1.29, 1.82) is 0 Å². The van der Waals surface area contributed by atoms with Crippen LogP contribution in [0, 0.1) is 24.6 Å². The van der Waals surface area contributed by atoms with Gasteiger partial charge < -0.3 is 9.30 Å². The lowest BCUT2D eigenvalue weighted by atomic mass is 9.77. The van der Waals surface area contributed by atoms with Gasteiger partial charge in [-0.3, -0.25) is 9.88 Å². The minimum Gasteiger partial charge on any atom is -0.471 e. The molecule has 156 valence electrons. The highest BCUT2D eigenvalue weighted by atomic mass is 19.1. The number of likely N-dealkylation sites (tertiary alicyclic amines) is 1. The second-order valence-electron chi connectivity index (χ2n) is 8.46. The number of halogens is 1. The van der Waals surface area contributed by atoms with E-state index < -0.39 is 0 Å². The van der Waals surface area contributed by atoms with Crippen molar-refractivity contribution in [3.63, 3.8) is 0 Å². The van der Waals surface area contributed by atoms with E-state index in [1.165, 1.54) is 6.07 Å². The topological polar surface area (TPSA) is 56.1 Å². The average Bonchev–Trinajstić information content (AvgIpc) is 3.33. The van der Waals surface area contributed by atoms with Crippen molar-refractivity contribution in [3.05, 3.63) is 72.5 Å². The maximum absolute atomic E-state index is 13.6. The summed E-state index contributed by atoms with van der Waals surface area (Å²) in [6.45, 7) is 4.87. The molecule has 0 spiro atoms. The van der Waals surface area contributed by atoms with Crippen LogP contribution in [0.5, 0.6) is 5.88 Å². The summed E-state index contributed by atoms with van der Waals surface area (Å²) in [7, 11) is 0. The Kier molecular flexibility index (Phi) is 5.21. The number of fused-ring (bicyclic) bond motifs is 1. The van der Waals surface area contributed by atoms with Gasteiger partial charge in [0.1, 0.15) is 17.7 Å². The van der Waals surface area contributed by atoms with Crippen molar-refractivity contribution in [1.82, 2.24) is 24.4 Å². The van der Waals surface area contributed by atoms with Crippen molar-refractivity contribution >= 4 is 0 Å². The van der Waals surface area contributed by atoms with Gasteiger partial charge in [0.2, 0.25) is 5.88 Å². The third-order valence-electron chi connectivity index (χ3n) is 6.49. The fourth-order valence-electron chi connectivity index (χ4n) is 5.17. The smallest absolute Gasteiger partial charge is 0.232 e. The average molecular weight is 407 g/mol. The molecule has 0 amide bonds. The molecule has 7 heteroatoms. The first-order chi connectivity index (χ1) is 14.7. The van der Waals surface area contributed by atoms with Crippen molar-refractivity contribution < 1.29 is 9.13 Å². The fourth-order valence-corrected chi connectivity index (χ4v) is 5.17. The monoisotopic (exact) mass is 407 g/mol. The molecule has 0 N–H and O–H groups in total. The number of hydrogen-bond donors (Lipinski definition) is 0. The zero-order chi connectivity index (χ0) is 20.5. The Morgan fingerprint density at radius 3 is 2.70 bits per heavy atom. The summed E-state index contributed by atoms with van der Waals surface area (Å²) in [4.78, 5) is 15.3. The molecule has 1 aromatic carbocycles. The number of imidazole rings is 1. The predicted octanol–water partition coefficient (Wildman–Crippen LogP) is 3.65. The van der Waals surface area contributed by atoms with Gasteiger partial charge in [-0.15, -0.1) is 0 Å². The molecule has 2 fully saturated rings. The molecule has 0 bridgehead atoms. The summed E-state index contributed by atoms with van der Waals surface area (Å²) in [6.07, 6.45) is 10.9. The maximum atomic E-state index is 13.6. The second-order valence-corrected chi connectivity index (χ2v) is 8.46. The summed E-state index contributed by atoms with van der Waals surface area (Å²) in [5.41, 5.74) is 1.03. The summed E-state index contributed by atoms with van der Waals surface area (Å²) >= 11 is 0. The molecule has 30 heavy (non-hydrogen) atoms. The Balaban J connectivity index is 1.34. The Morgan fingerprint density at radius 1 is 1.10 bits per heavy atom. The van der Waals surface area contributed by atoms with Gasteiger partial charge in [0.05, 0.1) is 12.2 Å². The summed E-state index contributed by atoms with van der Waals surface area (Å²) in [6, 6.07) is 7.14. The number of nitrogens with zero attached hydrogens (tertiary/aromatic N) is 5. The van der Waals surface area contributed by atoms with E-state index in [0.29, 0.717) is 17.7 Å².